The molecule has 0 saturated carbocycles. The molecule has 1 atom stereocenters. The highest BCUT2D eigenvalue weighted by molar-refractivity contribution is 7.99. The molecular formula is C18H24N2O3S. The number of benzene rings is 1. The molecule has 1 aromatic rings. The molecule has 130 valence electrons. The van der Waals surface area contributed by atoms with Crippen LogP contribution in [0.3, 0.4) is 0 Å². The third-order valence-corrected chi connectivity index (χ3v) is 5.31. The van der Waals surface area contributed by atoms with E-state index in [9.17, 15) is 4.79 Å². The maximum Gasteiger partial charge on any atom is 0.246 e. The summed E-state index contributed by atoms with van der Waals surface area (Å²) in [7, 11) is 4.11. The Balaban J connectivity index is 1.69. The second-order valence-corrected chi connectivity index (χ2v) is 7.47. The fourth-order valence-electron chi connectivity index (χ4n) is 2.97. The number of carbonyl (C=O) groups excluding carboxylic acids is 1. The molecule has 6 heteroatoms. The highest BCUT2D eigenvalue weighted by Crippen LogP contribution is 2.32. The largest absolute Gasteiger partial charge is 0.454 e. The maximum atomic E-state index is 12.7. The van der Waals surface area contributed by atoms with E-state index in [1.807, 2.05) is 40.9 Å². The standard InChI is InChI=1S/C18H24N2O3S/c1-19(2)11-15-12-24-9-3-8-20(15)18(21)7-5-14-4-6-16-17(10-14)23-13-22-16/h4-7,10,15H,3,8-9,11-13H2,1-2H3/b7-5+/t15-/m0/s1. The minimum Gasteiger partial charge on any atom is -0.454 e. The van der Waals surface area contributed by atoms with Gasteiger partial charge >= 0.3 is 0 Å². The van der Waals surface area contributed by atoms with E-state index in [0.29, 0.717) is 0 Å². The minimum atomic E-state index is 0.0852. The summed E-state index contributed by atoms with van der Waals surface area (Å²) in [6.07, 6.45) is 4.59. The van der Waals surface area contributed by atoms with Crippen LogP contribution in [0, 0.1) is 0 Å². The van der Waals surface area contributed by atoms with Gasteiger partial charge in [-0.1, -0.05) is 6.07 Å². The summed E-state index contributed by atoms with van der Waals surface area (Å²) in [4.78, 5) is 16.9. The predicted molar refractivity (Wildman–Crippen MR) is 97.6 cm³/mol. The Morgan fingerprint density at radius 1 is 1.38 bits per heavy atom. The van der Waals surface area contributed by atoms with Gasteiger partial charge in [-0.3, -0.25) is 4.79 Å². The van der Waals surface area contributed by atoms with Gasteiger partial charge in [0.1, 0.15) is 0 Å². The first-order valence-electron chi connectivity index (χ1n) is 8.24. The van der Waals surface area contributed by atoms with E-state index < -0.39 is 0 Å². The summed E-state index contributed by atoms with van der Waals surface area (Å²) >= 11 is 1.94. The molecule has 5 nitrogen and oxygen atoms in total. The molecule has 0 aromatic heterocycles. The molecule has 0 spiro atoms. The topological polar surface area (TPSA) is 42.0 Å². The predicted octanol–water partition coefficient (Wildman–Crippen LogP) is 2.32. The van der Waals surface area contributed by atoms with Crippen molar-refractivity contribution in [2.45, 2.75) is 12.5 Å². The van der Waals surface area contributed by atoms with Crippen molar-refractivity contribution in [3.63, 3.8) is 0 Å². The van der Waals surface area contributed by atoms with Crippen LogP contribution in [0.25, 0.3) is 6.08 Å². The number of rotatable bonds is 4. The zero-order valence-corrected chi connectivity index (χ0v) is 15.1. The number of nitrogens with zero attached hydrogens (tertiary/aromatic N) is 2. The van der Waals surface area contributed by atoms with Crippen LogP contribution in [0.4, 0.5) is 0 Å². The summed E-state index contributed by atoms with van der Waals surface area (Å²) in [5.74, 6) is 3.71. The van der Waals surface area contributed by atoms with E-state index in [1.54, 1.807) is 6.08 Å². The van der Waals surface area contributed by atoms with Crippen molar-refractivity contribution in [3.05, 3.63) is 29.8 Å². The number of amides is 1. The van der Waals surface area contributed by atoms with Gasteiger partial charge in [0, 0.05) is 24.9 Å². The molecule has 0 aliphatic carbocycles. The molecule has 1 aromatic carbocycles. The number of hydrogen-bond acceptors (Lipinski definition) is 5. The third kappa shape index (κ3) is 4.24. The molecule has 1 amide bonds. The number of fused-ring (bicyclic) bond motifs is 1. The van der Waals surface area contributed by atoms with Gasteiger partial charge in [-0.25, -0.2) is 0 Å². The van der Waals surface area contributed by atoms with Crippen LogP contribution >= 0.6 is 11.8 Å². The van der Waals surface area contributed by atoms with E-state index in [4.69, 9.17) is 9.47 Å². The zero-order valence-electron chi connectivity index (χ0n) is 14.2. The molecule has 0 N–H and O–H groups in total. The van der Waals surface area contributed by atoms with Crippen molar-refractivity contribution in [1.29, 1.82) is 0 Å². The number of carbonyl (C=O) groups is 1. The summed E-state index contributed by atoms with van der Waals surface area (Å²) in [6, 6.07) is 5.99. The van der Waals surface area contributed by atoms with Crippen LogP contribution in [0.1, 0.15) is 12.0 Å². The van der Waals surface area contributed by atoms with Crippen molar-refractivity contribution in [2.75, 3.05) is 45.5 Å². The smallest absolute Gasteiger partial charge is 0.246 e. The van der Waals surface area contributed by atoms with Gasteiger partial charge in [0.05, 0.1) is 6.04 Å². The van der Waals surface area contributed by atoms with Crippen molar-refractivity contribution < 1.29 is 14.3 Å². The van der Waals surface area contributed by atoms with E-state index in [0.717, 1.165) is 48.1 Å². The van der Waals surface area contributed by atoms with Gasteiger partial charge in [-0.05, 0) is 50.0 Å². The lowest BCUT2D eigenvalue weighted by Crippen LogP contribution is -2.46. The van der Waals surface area contributed by atoms with Crippen LogP contribution in [-0.2, 0) is 4.79 Å². The first kappa shape index (κ1) is 17.2. The lowest BCUT2D eigenvalue weighted by Gasteiger charge is -2.30. The Bertz CT molecular complexity index is 618. The van der Waals surface area contributed by atoms with E-state index in [1.165, 1.54) is 0 Å². The SMILES string of the molecule is CN(C)C[C@H]1CSCCCN1C(=O)/C=C/c1ccc2c(c1)OCO2. The Hall–Kier alpha value is -1.66. The minimum absolute atomic E-state index is 0.0852. The van der Waals surface area contributed by atoms with Crippen molar-refractivity contribution in [1.82, 2.24) is 9.80 Å². The van der Waals surface area contributed by atoms with Crippen molar-refractivity contribution in [3.8, 4) is 11.5 Å². The van der Waals surface area contributed by atoms with Gasteiger partial charge in [0.25, 0.3) is 0 Å². The lowest BCUT2D eigenvalue weighted by atomic mass is 10.1. The monoisotopic (exact) mass is 348 g/mol. The van der Waals surface area contributed by atoms with Crippen LogP contribution in [0.2, 0.25) is 0 Å². The molecule has 1 saturated heterocycles. The fourth-order valence-corrected chi connectivity index (χ4v) is 4.03. The van der Waals surface area contributed by atoms with Crippen molar-refractivity contribution >= 4 is 23.7 Å². The number of ether oxygens (including phenoxy) is 2. The first-order chi connectivity index (χ1) is 11.6. The molecule has 0 radical (unpaired) electrons. The molecule has 2 aliphatic heterocycles. The van der Waals surface area contributed by atoms with Crippen LogP contribution in [0.15, 0.2) is 24.3 Å². The van der Waals surface area contributed by atoms with E-state index in [2.05, 4.69) is 19.0 Å². The summed E-state index contributed by atoms with van der Waals surface area (Å²) in [5, 5.41) is 0. The normalized spacial score (nSPS) is 20.6. The molecule has 2 heterocycles. The number of thioether (sulfide) groups is 1. The highest BCUT2D eigenvalue weighted by Gasteiger charge is 2.24. The highest BCUT2D eigenvalue weighted by atomic mass is 32.2. The number of hydrogen-bond donors (Lipinski definition) is 0. The van der Waals surface area contributed by atoms with Gasteiger partial charge < -0.3 is 19.3 Å². The second kappa shape index (κ2) is 7.94. The molecule has 3 rings (SSSR count). The Kier molecular flexibility index (Phi) is 5.68. The van der Waals surface area contributed by atoms with E-state index in [-0.39, 0.29) is 18.7 Å². The molecule has 0 bridgehead atoms. The molecule has 1 fully saturated rings. The average Bonchev–Trinajstić information content (AvgIpc) is 2.90. The molecule has 24 heavy (non-hydrogen) atoms. The molecule has 0 unspecified atom stereocenters. The summed E-state index contributed by atoms with van der Waals surface area (Å²) < 4.78 is 10.7. The zero-order chi connectivity index (χ0) is 16.9. The van der Waals surface area contributed by atoms with E-state index >= 15 is 0 Å². The third-order valence-electron chi connectivity index (χ3n) is 4.11. The average molecular weight is 348 g/mol. The first-order valence-corrected chi connectivity index (χ1v) is 9.40. The summed E-state index contributed by atoms with van der Waals surface area (Å²) in [5.41, 5.74) is 0.945. The maximum absolute atomic E-state index is 12.7. The van der Waals surface area contributed by atoms with Gasteiger partial charge in [-0.15, -0.1) is 0 Å². The number of likely N-dealkylation sites (N-methyl/N-ethyl adjacent to an activating group) is 1. The Labute approximate surface area is 147 Å². The van der Waals surface area contributed by atoms with Crippen LogP contribution in [-0.4, -0.2) is 67.2 Å². The quantitative estimate of drug-likeness (QED) is 0.781. The van der Waals surface area contributed by atoms with Crippen LogP contribution in [0.5, 0.6) is 11.5 Å². The van der Waals surface area contributed by atoms with Gasteiger partial charge in [0.2, 0.25) is 12.7 Å². The Morgan fingerprint density at radius 3 is 3.04 bits per heavy atom. The Morgan fingerprint density at radius 2 is 2.21 bits per heavy atom. The van der Waals surface area contributed by atoms with Crippen LogP contribution < -0.4 is 9.47 Å². The second-order valence-electron chi connectivity index (χ2n) is 6.32. The molecule has 2 aliphatic rings. The lowest BCUT2D eigenvalue weighted by molar-refractivity contribution is -0.128. The van der Waals surface area contributed by atoms with Gasteiger partial charge in [0.15, 0.2) is 11.5 Å². The molecular weight excluding hydrogens is 324 g/mol. The van der Waals surface area contributed by atoms with Gasteiger partial charge in [-0.2, -0.15) is 11.8 Å². The van der Waals surface area contributed by atoms with Crippen molar-refractivity contribution in [2.24, 2.45) is 0 Å². The fraction of sp³-hybridized carbons (Fsp3) is 0.500. The summed E-state index contributed by atoms with van der Waals surface area (Å²) in [6.45, 7) is 1.99.